The molecule has 2 aromatic rings. The van der Waals surface area contributed by atoms with Crippen molar-refractivity contribution in [1.82, 2.24) is 9.66 Å². The van der Waals surface area contributed by atoms with Crippen LogP contribution in [0.25, 0.3) is 0 Å². The zero-order valence-electron chi connectivity index (χ0n) is 10.4. The number of nitrogen functional groups attached to an aromatic ring is 1. The molecule has 0 atom stereocenters. The summed E-state index contributed by atoms with van der Waals surface area (Å²) in [5.74, 6) is 0.243. The molecular weight excluding hydrogens is 334 g/mol. The summed E-state index contributed by atoms with van der Waals surface area (Å²) in [5.41, 5.74) is 6.73. The number of imidazole rings is 1. The van der Waals surface area contributed by atoms with Crippen LogP contribution in [0.4, 0.5) is 14.7 Å². The Bertz CT molecular complexity index is 642. The largest absolute Gasteiger partial charge is 0.434 e. The fourth-order valence-corrected chi connectivity index (χ4v) is 1.92. The number of rotatable bonds is 4. The van der Waals surface area contributed by atoms with Crippen molar-refractivity contribution in [2.45, 2.75) is 13.5 Å². The van der Waals surface area contributed by atoms with Crippen LogP contribution < -0.4 is 10.5 Å². The summed E-state index contributed by atoms with van der Waals surface area (Å²) in [4.78, 5) is 3.98. The molecule has 5 nitrogen and oxygen atoms in total. The van der Waals surface area contributed by atoms with Crippen molar-refractivity contribution in [1.29, 1.82) is 0 Å². The fraction of sp³-hybridized carbons (Fsp3) is 0.167. The molecule has 8 heteroatoms. The summed E-state index contributed by atoms with van der Waals surface area (Å²) in [7, 11) is 0. The van der Waals surface area contributed by atoms with Gasteiger partial charge in [0.15, 0.2) is 0 Å². The number of nitrogens with two attached hydrogens (primary N) is 1. The van der Waals surface area contributed by atoms with Crippen LogP contribution in [-0.4, -0.2) is 22.5 Å². The van der Waals surface area contributed by atoms with Crippen molar-refractivity contribution in [2.24, 2.45) is 5.10 Å². The van der Waals surface area contributed by atoms with E-state index in [9.17, 15) is 8.78 Å². The normalized spacial score (nSPS) is 11.4. The molecule has 0 radical (unpaired) electrons. The molecule has 0 saturated heterocycles. The second-order valence-electron chi connectivity index (χ2n) is 3.89. The lowest BCUT2D eigenvalue weighted by Crippen LogP contribution is -2.04. The van der Waals surface area contributed by atoms with E-state index >= 15 is 0 Å². The Hall–Kier alpha value is -1.96. The van der Waals surface area contributed by atoms with Crippen LogP contribution in [-0.2, 0) is 0 Å². The maximum absolute atomic E-state index is 12.3. The van der Waals surface area contributed by atoms with E-state index in [1.807, 2.05) is 0 Å². The maximum Gasteiger partial charge on any atom is 0.387 e. The Morgan fingerprint density at radius 1 is 1.50 bits per heavy atom. The predicted octanol–water partition coefficient (Wildman–Crippen LogP) is 3.02. The molecule has 0 aliphatic rings. The quantitative estimate of drug-likeness (QED) is 0.867. The minimum atomic E-state index is -2.90. The molecule has 0 bridgehead atoms. The van der Waals surface area contributed by atoms with Gasteiger partial charge in [0.2, 0.25) is 5.95 Å². The van der Waals surface area contributed by atoms with Gasteiger partial charge in [-0.3, -0.25) is 0 Å². The highest BCUT2D eigenvalue weighted by molar-refractivity contribution is 9.10. The van der Waals surface area contributed by atoms with Gasteiger partial charge >= 0.3 is 6.61 Å². The highest BCUT2D eigenvalue weighted by Crippen LogP contribution is 2.23. The van der Waals surface area contributed by atoms with Gasteiger partial charge in [0, 0.05) is 10.0 Å². The summed E-state index contributed by atoms with van der Waals surface area (Å²) in [6.45, 7) is -1.13. The number of alkyl halides is 2. The fourth-order valence-electron chi connectivity index (χ4n) is 1.54. The second kappa shape index (κ2) is 6.00. The van der Waals surface area contributed by atoms with Crippen LogP contribution in [0.15, 0.2) is 34.0 Å². The van der Waals surface area contributed by atoms with Crippen molar-refractivity contribution >= 4 is 28.1 Å². The number of benzene rings is 1. The number of ether oxygens (including phenoxy) is 1. The molecule has 0 unspecified atom stereocenters. The Balaban J connectivity index is 2.32. The van der Waals surface area contributed by atoms with Crippen LogP contribution in [0, 0.1) is 6.92 Å². The standard InChI is InChI=1S/C12H11BrF2N4O/c1-7-6-19(12(16)18-7)17-5-8-4-9(13)2-3-10(8)20-11(14)15/h2-6,11H,1H3,(H2,16,18). The topological polar surface area (TPSA) is 65.4 Å². The summed E-state index contributed by atoms with van der Waals surface area (Å²) < 4.78 is 31.1. The third-order valence-electron chi connectivity index (χ3n) is 2.34. The lowest BCUT2D eigenvalue weighted by Gasteiger charge is -2.07. The van der Waals surface area contributed by atoms with Crippen molar-refractivity contribution < 1.29 is 13.5 Å². The van der Waals surface area contributed by atoms with Gasteiger partial charge in [-0.15, -0.1) is 0 Å². The van der Waals surface area contributed by atoms with Gasteiger partial charge in [-0.1, -0.05) is 15.9 Å². The van der Waals surface area contributed by atoms with Crippen LogP contribution in [0.1, 0.15) is 11.3 Å². The number of aromatic nitrogens is 2. The molecular formula is C12H11BrF2N4O. The van der Waals surface area contributed by atoms with E-state index in [4.69, 9.17) is 5.73 Å². The molecule has 1 aromatic heterocycles. The zero-order valence-corrected chi connectivity index (χ0v) is 12.0. The minimum absolute atomic E-state index is 0.0300. The lowest BCUT2D eigenvalue weighted by molar-refractivity contribution is -0.0499. The van der Waals surface area contributed by atoms with E-state index in [-0.39, 0.29) is 11.7 Å². The van der Waals surface area contributed by atoms with Crippen LogP contribution in [0.3, 0.4) is 0 Å². The number of hydrogen-bond acceptors (Lipinski definition) is 4. The first-order valence-corrected chi connectivity index (χ1v) is 6.35. The third-order valence-corrected chi connectivity index (χ3v) is 2.84. The van der Waals surface area contributed by atoms with E-state index in [1.165, 1.54) is 17.0 Å². The Labute approximate surface area is 122 Å². The average Bonchev–Trinajstić information content (AvgIpc) is 2.67. The molecule has 106 valence electrons. The molecule has 0 fully saturated rings. The molecule has 1 heterocycles. The molecule has 2 N–H and O–H groups in total. The molecule has 20 heavy (non-hydrogen) atoms. The Morgan fingerprint density at radius 3 is 2.85 bits per heavy atom. The smallest absolute Gasteiger partial charge is 0.387 e. The van der Waals surface area contributed by atoms with Crippen LogP contribution in [0.5, 0.6) is 5.75 Å². The van der Waals surface area contributed by atoms with Gasteiger partial charge in [-0.05, 0) is 25.1 Å². The number of hydrogen-bond donors (Lipinski definition) is 1. The van der Waals surface area contributed by atoms with Crippen molar-refractivity contribution in [2.75, 3.05) is 5.73 Å². The van der Waals surface area contributed by atoms with E-state index in [2.05, 4.69) is 30.8 Å². The number of nitrogens with zero attached hydrogens (tertiary/aromatic N) is 3. The van der Waals surface area contributed by atoms with Gasteiger partial charge < -0.3 is 10.5 Å². The summed E-state index contributed by atoms with van der Waals surface area (Å²) in [5, 5.41) is 4.06. The van der Waals surface area contributed by atoms with Gasteiger partial charge in [-0.2, -0.15) is 13.9 Å². The summed E-state index contributed by atoms with van der Waals surface area (Å²) in [6.07, 6.45) is 3.00. The molecule has 0 spiro atoms. The van der Waals surface area contributed by atoms with E-state index in [1.54, 1.807) is 25.3 Å². The molecule has 0 aliphatic carbocycles. The number of halogens is 3. The van der Waals surface area contributed by atoms with E-state index < -0.39 is 6.61 Å². The summed E-state index contributed by atoms with van der Waals surface area (Å²) >= 11 is 3.26. The molecule has 0 amide bonds. The maximum atomic E-state index is 12.3. The van der Waals surface area contributed by atoms with Gasteiger partial charge in [0.1, 0.15) is 5.75 Å². The zero-order chi connectivity index (χ0) is 14.7. The molecule has 2 rings (SSSR count). The number of anilines is 1. The van der Waals surface area contributed by atoms with Crippen LogP contribution in [0.2, 0.25) is 0 Å². The van der Waals surface area contributed by atoms with E-state index in [0.29, 0.717) is 11.3 Å². The van der Waals surface area contributed by atoms with Crippen LogP contribution >= 0.6 is 15.9 Å². The second-order valence-corrected chi connectivity index (χ2v) is 4.81. The SMILES string of the molecule is Cc1cn(N=Cc2cc(Br)ccc2OC(F)F)c(N)n1. The predicted molar refractivity (Wildman–Crippen MR) is 75.1 cm³/mol. The highest BCUT2D eigenvalue weighted by atomic mass is 79.9. The first kappa shape index (κ1) is 14.4. The van der Waals surface area contributed by atoms with E-state index in [0.717, 1.165) is 4.47 Å². The van der Waals surface area contributed by atoms with Crippen molar-refractivity contribution in [3.8, 4) is 5.75 Å². The van der Waals surface area contributed by atoms with Gasteiger partial charge in [0.05, 0.1) is 18.1 Å². The first-order chi connectivity index (χ1) is 9.45. The molecule has 0 aliphatic heterocycles. The van der Waals surface area contributed by atoms with Gasteiger partial charge in [0.25, 0.3) is 0 Å². The van der Waals surface area contributed by atoms with Crippen molar-refractivity contribution in [3.05, 3.63) is 40.1 Å². The van der Waals surface area contributed by atoms with Crippen molar-refractivity contribution in [3.63, 3.8) is 0 Å². The Kier molecular flexibility index (Phi) is 4.33. The Morgan fingerprint density at radius 2 is 2.25 bits per heavy atom. The molecule has 0 saturated carbocycles. The number of aryl methyl sites for hydroxylation is 1. The average molecular weight is 345 g/mol. The minimum Gasteiger partial charge on any atom is -0.434 e. The first-order valence-electron chi connectivity index (χ1n) is 5.56. The highest BCUT2D eigenvalue weighted by Gasteiger charge is 2.09. The lowest BCUT2D eigenvalue weighted by atomic mass is 10.2. The monoisotopic (exact) mass is 344 g/mol. The summed E-state index contributed by atoms with van der Waals surface area (Å²) in [6, 6.07) is 4.64. The van der Waals surface area contributed by atoms with Gasteiger partial charge in [-0.25, -0.2) is 9.66 Å². The third kappa shape index (κ3) is 3.53. The molecule has 1 aromatic carbocycles.